The fraction of sp³-hybridized carbons (Fsp3) is 0.120. The monoisotopic (exact) mass is 384 g/mol. The van der Waals surface area contributed by atoms with Gasteiger partial charge in [0.15, 0.2) is 5.76 Å². The minimum absolute atomic E-state index is 0.184. The number of ether oxygens (including phenoxy) is 2. The van der Waals surface area contributed by atoms with Crippen molar-refractivity contribution < 1.29 is 19.1 Å². The van der Waals surface area contributed by atoms with E-state index in [1.54, 1.807) is 36.4 Å². The number of allylic oxidation sites excluding steroid dienone is 1. The average molecular weight is 384 g/mol. The topological polar surface area (TPSA) is 52.6 Å². The van der Waals surface area contributed by atoms with E-state index in [1.165, 1.54) is 5.56 Å². The quantitative estimate of drug-likeness (QED) is 0.344. The highest BCUT2D eigenvalue weighted by molar-refractivity contribution is 6.14. The van der Waals surface area contributed by atoms with Gasteiger partial charge >= 0.3 is 5.97 Å². The Morgan fingerprint density at radius 1 is 1.03 bits per heavy atom. The highest BCUT2D eigenvalue weighted by atomic mass is 16.5. The van der Waals surface area contributed by atoms with Crippen LogP contribution in [-0.4, -0.2) is 11.8 Å². The van der Waals surface area contributed by atoms with Crippen LogP contribution >= 0.6 is 0 Å². The molecule has 0 radical (unpaired) electrons. The van der Waals surface area contributed by atoms with Gasteiger partial charge in [0.1, 0.15) is 11.5 Å². The molecule has 3 aromatic rings. The lowest BCUT2D eigenvalue weighted by Crippen LogP contribution is -2.10. The molecule has 0 unspecified atom stereocenters. The predicted octanol–water partition coefficient (Wildman–Crippen LogP) is 5.39. The molecule has 144 valence electrons. The van der Waals surface area contributed by atoms with E-state index in [9.17, 15) is 9.59 Å². The van der Waals surface area contributed by atoms with Crippen LogP contribution in [0.5, 0.6) is 11.5 Å². The molecule has 0 N–H and O–H groups in total. The molecule has 0 bridgehead atoms. The van der Waals surface area contributed by atoms with Crippen molar-refractivity contribution in [1.82, 2.24) is 0 Å². The maximum atomic E-state index is 12.6. The standard InChI is InChI=1S/C25H20O4/c1-3-17-8-10-18(11-9-17)14-23-24(26)21-13-12-19(15-22(21)29-23)28-25(27)20-7-5-4-6-16(20)2/h4-15H,3H2,1-2H3. The Morgan fingerprint density at radius 3 is 2.52 bits per heavy atom. The molecule has 3 aromatic carbocycles. The van der Waals surface area contributed by atoms with Gasteiger partial charge < -0.3 is 9.47 Å². The normalized spacial score (nSPS) is 13.9. The van der Waals surface area contributed by atoms with Crippen LogP contribution < -0.4 is 9.47 Å². The smallest absolute Gasteiger partial charge is 0.343 e. The van der Waals surface area contributed by atoms with Gasteiger partial charge in [-0.25, -0.2) is 4.79 Å². The van der Waals surface area contributed by atoms with Crippen LogP contribution in [0.2, 0.25) is 0 Å². The lowest BCUT2D eigenvalue weighted by Gasteiger charge is -2.07. The minimum Gasteiger partial charge on any atom is -0.452 e. The molecule has 29 heavy (non-hydrogen) atoms. The lowest BCUT2D eigenvalue weighted by molar-refractivity contribution is 0.0733. The molecule has 1 heterocycles. The van der Waals surface area contributed by atoms with Crippen LogP contribution in [0.3, 0.4) is 0 Å². The zero-order chi connectivity index (χ0) is 20.4. The summed E-state index contributed by atoms with van der Waals surface area (Å²) in [5.74, 6) is 0.349. The van der Waals surface area contributed by atoms with Crippen LogP contribution in [0.15, 0.2) is 72.5 Å². The van der Waals surface area contributed by atoms with Crippen LogP contribution in [0.25, 0.3) is 6.08 Å². The molecule has 0 aliphatic carbocycles. The number of ketones is 1. The summed E-state index contributed by atoms with van der Waals surface area (Å²) in [6.45, 7) is 3.95. The molecule has 4 rings (SSSR count). The maximum absolute atomic E-state index is 12.6. The van der Waals surface area contributed by atoms with Gasteiger partial charge in [0.05, 0.1) is 11.1 Å². The summed E-state index contributed by atoms with van der Waals surface area (Å²) in [5.41, 5.74) is 3.92. The van der Waals surface area contributed by atoms with Gasteiger partial charge in [-0.15, -0.1) is 0 Å². The van der Waals surface area contributed by atoms with Gasteiger partial charge in [-0.05, 0) is 54.3 Å². The molecular weight excluding hydrogens is 364 g/mol. The largest absolute Gasteiger partial charge is 0.452 e. The summed E-state index contributed by atoms with van der Waals surface area (Å²) in [5, 5.41) is 0. The highest BCUT2D eigenvalue weighted by Crippen LogP contribution is 2.35. The van der Waals surface area contributed by atoms with E-state index >= 15 is 0 Å². The molecule has 0 spiro atoms. The van der Waals surface area contributed by atoms with E-state index in [2.05, 4.69) is 6.92 Å². The maximum Gasteiger partial charge on any atom is 0.343 e. The van der Waals surface area contributed by atoms with E-state index in [4.69, 9.17) is 9.47 Å². The first-order valence-corrected chi connectivity index (χ1v) is 9.50. The molecule has 0 saturated heterocycles. The first kappa shape index (κ1) is 18.7. The second-order valence-electron chi connectivity index (χ2n) is 6.90. The van der Waals surface area contributed by atoms with Gasteiger partial charge in [-0.3, -0.25) is 4.79 Å². The molecule has 4 nitrogen and oxygen atoms in total. The Kier molecular flexibility index (Phi) is 5.00. The number of hydrogen-bond acceptors (Lipinski definition) is 4. The molecule has 0 aromatic heterocycles. The van der Waals surface area contributed by atoms with Gasteiger partial charge in [0.25, 0.3) is 0 Å². The second-order valence-corrected chi connectivity index (χ2v) is 6.90. The number of esters is 1. The van der Waals surface area contributed by atoms with Gasteiger partial charge in [0, 0.05) is 6.07 Å². The zero-order valence-electron chi connectivity index (χ0n) is 16.3. The minimum atomic E-state index is -0.445. The van der Waals surface area contributed by atoms with Crippen molar-refractivity contribution in [3.05, 3.63) is 100 Å². The van der Waals surface area contributed by atoms with Gasteiger partial charge in [-0.2, -0.15) is 0 Å². The fourth-order valence-electron chi connectivity index (χ4n) is 3.20. The van der Waals surface area contributed by atoms with Gasteiger partial charge in [-0.1, -0.05) is 49.4 Å². The van der Waals surface area contributed by atoms with Crippen molar-refractivity contribution in [2.75, 3.05) is 0 Å². The fourth-order valence-corrected chi connectivity index (χ4v) is 3.20. The summed E-state index contributed by atoms with van der Waals surface area (Å²) >= 11 is 0. The Morgan fingerprint density at radius 2 is 1.79 bits per heavy atom. The number of carbonyl (C=O) groups is 2. The number of fused-ring (bicyclic) bond motifs is 1. The first-order chi connectivity index (χ1) is 14.0. The summed E-state index contributed by atoms with van der Waals surface area (Å²) in [4.78, 5) is 25.0. The van der Waals surface area contributed by atoms with Crippen LogP contribution in [-0.2, 0) is 6.42 Å². The third-order valence-corrected chi connectivity index (χ3v) is 4.90. The Bertz CT molecular complexity index is 1120. The van der Waals surface area contributed by atoms with Gasteiger partial charge in [0.2, 0.25) is 5.78 Å². The van der Waals surface area contributed by atoms with E-state index in [0.717, 1.165) is 17.5 Å². The molecule has 4 heteroatoms. The van der Waals surface area contributed by atoms with E-state index in [-0.39, 0.29) is 11.5 Å². The molecule has 1 aliphatic rings. The highest BCUT2D eigenvalue weighted by Gasteiger charge is 2.28. The van der Waals surface area contributed by atoms with Crippen molar-refractivity contribution in [3.8, 4) is 11.5 Å². The number of Topliss-reactive ketones (excluding diaryl/α,β-unsaturated/α-hetero) is 1. The zero-order valence-corrected chi connectivity index (χ0v) is 16.3. The van der Waals surface area contributed by atoms with Crippen molar-refractivity contribution in [2.24, 2.45) is 0 Å². The molecular formula is C25H20O4. The first-order valence-electron chi connectivity index (χ1n) is 9.50. The summed E-state index contributed by atoms with van der Waals surface area (Å²) in [6.07, 6.45) is 2.68. The van der Waals surface area contributed by atoms with E-state index in [0.29, 0.717) is 22.6 Å². The predicted molar refractivity (Wildman–Crippen MR) is 111 cm³/mol. The third-order valence-electron chi connectivity index (χ3n) is 4.90. The second kappa shape index (κ2) is 7.76. The van der Waals surface area contributed by atoms with E-state index in [1.807, 2.05) is 43.3 Å². The van der Waals surface area contributed by atoms with Crippen LogP contribution in [0.1, 0.15) is 44.3 Å². The number of hydrogen-bond donors (Lipinski definition) is 0. The van der Waals surface area contributed by atoms with Crippen LogP contribution in [0.4, 0.5) is 0 Å². The number of carbonyl (C=O) groups excluding carboxylic acids is 2. The van der Waals surface area contributed by atoms with Crippen molar-refractivity contribution in [1.29, 1.82) is 0 Å². The average Bonchev–Trinajstić information content (AvgIpc) is 3.03. The Labute approximate surface area is 169 Å². The molecule has 0 fully saturated rings. The molecule has 0 atom stereocenters. The lowest BCUT2D eigenvalue weighted by atomic mass is 10.1. The SMILES string of the molecule is CCc1ccc(C=C2Oc3cc(OC(=O)c4ccccc4C)ccc3C2=O)cc1. The summed E-state index contributed by atoms with van der Waals surface area (Å²) < 4.78 is 11.2. The molecule has 1 aliphatic heterocycles. The summed E-state index contributed by atoms with van der Waals surface area (Å²) in [7, 11) is 0. The summed E-state index contributed by atoms with van der Waals surface area (Å²) in [6, 6.07) is 20.0. The number of benzene rings is 3. The number of aryl methyl sites for hydroxylation is 2. The van der Waals surface area contributed by atoms with Crippen molar-refractivity contribution >= 4 is 17.8 Å². The third kappa shape index (κ3) is 3.83. The van der Waals surface area contributed by atoms with E-state index < -0.39 is 5.97 Å². The Balaban J connectivity index is 1.54. The molecule has 0 saturated carbocycles. The van der Waals surface area contributed by atoms with Crippen molar-refractivity contribution in [2.45, 2.75) is 20.3 Å². The molecule has 0 amide bonds. The number of rotatable bonds is 4. The van der Waals surface area contributed by atoms with Crippen molar-refractivity contribution in [3.63, 3.8) is 0 Å². The Hall–Kier alpha value is -3.66. The van der Waals surface area contributed by atoms with Crippen LogP contribution in [0, 0.1) is 6.92 Å².